The molecule has 27 heavy (non-hydrogen) atoms. The van der Waals surface area contributed by atoms with Crippen LogP contribution >= 0.6 is 0 Å². The van der Waals surface area contributed by atoms with E-state index in [1.165, 1.54) is 18.2 Å². The summed E-state index contributed by atoms with van der Waals surface area (Å²) < 4.78 is 10.5. The maximum absolute atomic E-state index is 11.9. The third-order valence-corrected chi connectivity index (χ3v) is 3.63. The first kappa shape index (κ1) is 19.9. The molecule has 0 aliphatic carbocycles. The minimum atomic E-state index is -0.625. The van der Waals surface area contributed by atoms with Crippen LogP contribution in [0.3, 0.4) is 0 Å². The molecular weight excluding hydrogens is 352 g/mol. The predicted molar refractivity (Wildman–Crippen MR) is 97.7 cm³/mol. The monoisotopic (exact) mass is 372 g/mol. The van der Waals surface area contributed by atoms with E-state index >= 15 is 0 Å². The number of rotatable bonds is 9. The highest BCUT2D eigenvalue weighted by molar-refractivity contribution is 5.96. The lowest BCUT2D eigenvalue weighted by atomic mass is 10.2. The van der Waals surface area contributed by atoms with Gasteiger partial charge in [-0.3, -0.25) is 19.7 Å². The molecule has 0 saturated heterocycles. The third kappa shape index (κ3) is 6.43. The fraction of sp³-hybridized carbons (Fsp3) is 0.263. The van der Waals surface area contributed by atoms with Crippen LogP contribution in [0.2, 0.25) is 0 Å². The molecule has 142 valence electrons. The quantitative estimate of drug-likeness (QED) is 0.314. The molecule has 2 aromatic rings. The molecular formula is C19H20N2O6. The standard InChI is InChI=1S/C19H20N2O6/c1-2-14-5-3-8-17(11-14)26-9-10-27-18(22)13-20-19(23)15-6-4-7-16(12-15)21(24)25/h3-8,11-12H,2,9-10,13H2,1H3,(H,20,23). The van der Waals surface area contributed by atoms with E-state index in [0.717, 1.165) is 18.1 Å². The van der Waals surface area contributed by atoms with Crippen molar-refractivity contribution < 1.29 is 24.0 Å². The van der Waals surface area contributed by atoms with Crippen LogP contribution in [0.5, 0.6) is 5.75 Å². The fourth-order valence-corrected chi connectivity index (χ4v) is 2.24. The van der Waals surface area contributed by atoms with Gasteiger partial charge in [-0.1, -0.05) is 25.1 Å². The van der Waals surface area contributed by atoms with Gasteiger partial charge < -0.3 is 14.8 Å². The number of ether oxygens (including phenoxy) is 2. The minimum Gasteiger partial charge on any atom is -0.490 e. The summed E-state index contributed by atoms with van der Waals surface area (Å²) in [5, 5.41) is 13.1. The molecule has 0 fully saturated rings. The van der Waals surface area contributed by atoms with Crippen molar-refractivity contribution in [2.45, 2.75) is 13.3 Å². The van der Waals surface area contributed by atoms with Crippen LogP contribution in [0.25, 0.3) is 0 Å². The van der Waals surface area contributed by atoms with Crippen LogP contribution in [0.1, 0.15) is 22.8 Å². The molecule has 0 atom stereocenters. The first-order valence-corrected chi connectivity index (χ1v) is 8.39. The number of aryl methyl sites for hydroxylation is 1. The molecule has 0 heterocycles. The lowest BCUT2D eigenvalue weighted by Crippen LogP contribution is -2.31. The number of non-ortho nitro benzene ring substituents is 1. The SMILES string of the molecule is CCc1cccc(OCCOC(=O)CNC(=O)c2cccc([N+](=O)[O-])c2)c1. The summed E-state index contributed by atoms with van der Waals surface area (Å²) >= 11 is 0. The average Bonchev–Trinajstić information content (AvgIpc) is 2.69. The summed E-state index contributed by atoms with van der Waals surface area (Å²) in [6, 6.07) is 12.9. The zero-order chi connectivity index (χ0) is 19.6. The normalized spacial score (nSPS) is 10.1. The van der Waals surface area contributed by atoms with Crippen molar-refractivity contribution in [2.75, 3.05) is 19.8 Å². The Morgan fingerprint density at radius 1 is 1.11 bits per heavy atom. The first-order chi connectivity index (χ1) is 13.0. The van der Waals surface area contributed by atoms with E-state index in [4.69, 9.17) is 9.47 Å². The predicted octanol–water partition coefficient (Wildman–Crippen LogP) is 2.51. The number of hydrogen-bond acceptors (Lipinski definition) is 6. The number of hydrogen-bond donors (Lipinski definition) is 1. The van der Waals surface area contributed by atoms with E-state index in [1.807, 2.05) is 31.2 Å². The molecule has 2 rings (SSSR count). The lowest BCUT2D eigenvalue weighted by molar-refractivity contribution is -0.384. The number of nitrogens with one attached hydrogen (secondary N) is 1. The summed E-state index contributed by atoms with van der Waals surface area (Å²) in [6.45, 7) is 1.94. The highest BCUT2D eigenvalue weighted by atomic mass is 16.6. The number of carbonyl (C=O) groups is 2. The Hall–Kier alpha value is -3.42. The van der Waals surface area contributed by atoms with Gasteiger partial charge in [0, 0.05) is 17.7 Å². The molecule has 0 aliphatic heterocycles. The van der Waals surface area contributed by atoms with Gasteiger partial charge in [0.25, 0.3) is 11.6 Å². The Balaban J connectivity index is 1.70. The van der Waals surface area contributed by atoms with E-state index < -0.39 is 16.8 Å². The van der Waals surface area contributed by atoms with Gasteiger partial charge in [-0.15, -0.1) is 0 Å². The molecule has 0 saturated carbocycles. The number of nitro groups is 1. The Morgan fingerprint density at radius 2 is 1.89 bits per heavy atom. The van der Waals surface area contributed by atoms with Crippen molar-refractivity contribution in [1.82, 2.24) is 5.32 Å². The maximum atomic E-state index is 11.9. The van der Waals surface area contributed by atoms with E-state index in [2.05, 4.69) is 5.32 Å². The van der Waals surface area contributed by atoms with Crippen molar-refractivity contribution in [3.8, 4) is 5.75 Å². The molecule has 0 unspecified atom stereocenters. The molecule has 8 nitrogen and oxygen atoms in total. The average molecular weight is 372 g/mol. The Labute approximate surface area is 156 Å². The highest BCUT2D eigenvalue weighted by Crippen LogP contribution is 2.14. The summed E-state index contributed by atoms with van der Waals surface area (Å²) in [5.74, 6) is -0.521. The van der Waals surface area contributed by atoms with Gasteiger partial charge in [0.1, 0.15) is 25.5 Å². The number of nitro benzene ring substituents is 1. The van der Waals surface area contributed by atoms with Gasteiger partial charge >= 0.3 is 5.97 Å². The number of nitrogens with zero attached hydrogens (tertiary/aromatic N) is 1. The zero-order valence-electron chi connectivity index (χ0n) is 14.8. The Bertz CT molecular complexity index is 821. The number of benzene rings is 2. The molecule has 1 amide bonds. The molecule has 0 aliphatic rings. The molecule has 0 spiro atoms. The second kappa shape index (κ2) is 9.91. The lowest BCUT2D eigenvalue weighted by Gasteiger charge is -2.09. The van der Waals surface area contributed by atoms with Crippen molar-refractivity contribution in [3.63, 3.8) is 0 Å². The summed E-state index contributed by atoms with van der Waals surface area (Å²) in [7, 11) is 0. The van der Waals surface area contributed by atoms with Crippen molar-refractivity contribution in [2.24, 2.45) is 0 Å². The van der Waals surface area contributed by atoms with Crippen molar-refractivity contribution >= 4 is 17.6 Å². The highest BCUT2D eigenvalue weighted by Gasteiger charge is 2.12. The van der Waals surface area contributed by atoms with Gasteiger partial charge in [-0.05, 0) is 30.2 Å². The van der Waals surface area contributed by atoms with Crippen LogP contribution < -0.4 is 10.1 Å². The molecule has 0 aromatic heterocycles. The van der Waals surface area contributed by atoms with Crippen molar-refractivity contribution in [1.29, 1.82) is 0 Å². The van der Waals surface area contributed by atoms with Crippen LogP contribution in [0, 0.1) is 10.1 Å². The summed E-state index contributed by atoms with van der Waals surface area (Å²) in [5.41, 5.74) is 1.04. The zero-order valence-corrected chi connectivity index (χ0v) is 14.8. The minimum absolute atomic E-state index is 0.0435. The maximum Gasteiger partial charge on any atom is 0.325 e. The Morgan fingerprint density at radius 3 is 2.63 bits per heavy atom. The third-order valence-electron chi connectivity index (χ3n) is 3.63. The second-order valence-electron chi connectivity index (χ2n) is 5.56. The van der Waals surface area contributed by atoms with Gasteiger partial charge in [0.05, 0.1) is 4.92 Å². The summed E-state index contributed by atoms with van der Waals surface area (Å²) in [6.07, 6.45) is 0.899. The van der Waals surface area contributed by atoms with E-state index in [-0.39, 0.29) is 31.0 Å². The van der Waals surface area contributed by atoms with Crippen molar-refractivity contribution in [3.05, 3.63) is 69.8 Å². The van der Waals surface area contributed by atoms with Gasteiger partial charge in [-0.2, -0.15) is 0 Å². The van der Waals surface area contributed by atoms with Crippen LogP contribution in [0.15, 0.2) is 48.5 Å². The summed E-state index contributed by atoms with van der Waals surface area (Å²) in [4.78, 5) is 33.7. The van der Waals surface area contributed by atoms with Gasteiger partial charge in [-0.25, -0.2) is 0 Å². The van der Waals surface area contributed by atoms with Gasteiger partial charge in [0.2, 0.25) is 0 Å². The van der Waals surface area contributed by atoms with Crippen LogP contribution in [0.4, 0.5) is 5.69 Å². The van der Waals surface area contributed by atoms with Crippen LogP contribution in [-0.4, -0.2) is 36.6 Å². The van der Waals surface area contributed by atoms with E-state index in [9.17, 15) is 19.7 Å². The molecule has 8 heteroatoms. The number of carbonyl (C=O) groups excluding carboxylic acids is 2. The number of esters is 1. The smallest absolute Gasteiger partial charge is 0.325 e. The fourth-order valence-electron chi connectivity index (χ4n) is 2.24. The molecule has 2 aromatic carbocycles. The molecule has 0 radical (unpaired) electrons. The van der Waals surface area contributed by atoms with Crippen LogP contribution in [-0.2, 0) is 16.0 Å². The van der Waals surface area contributed by atoms with E-state index in [1.54, 1.807) is 0 Å². The largest absolute Gasteiger partial charge is 0.490 e. The molecule has 0 bridgehead atoms. The van der Waals surface area contributed by atoms with Gasteiger partial charge in [0.15, 0.2) is 0 Å². The second-order valence-corrected chi connectivity index (χ2v) is 5.56. The number of amides is 1. The van der Waals surface area contributed by atoms with E-state index in [0.29, 0.717) is 5.75 Å². The molecule has 1 N–H and O–H groups in total. The Kier molecular flexibility index (Phi) is 7.30. The topological polar surface area (TPSA) is 108 Å². The first-order valence-electron chi connectivity index (χ1n) is 8.39.